The first-order chi connectivity index (χ1) is 6.27. The minimum atomic E-state index is 0. The molecular formula is C11H13LiN2. The summed E-state index contributed by atoms with van der Waals surface area (Å²) in [6, 6.07) is 6.23. The van der Waals surface area contributed by atoms with E-state index in [0.29, 0.717) is 0 Å². The molecule has 0 unspecified atom stereocenters. The van der Waals surface area contributed by atoms with E-state index in [2.05, 4.69) is 36.3 Å². The molecule has 1 heterocycles. The SMILES string of the molecule is C=c1ccc(C)c/c1=C1/[N-]CCN1.[Li+]. The molecule has 0 amide bonds. The molecule has 3 heteroatoms. The molecule has 0 spiro atoms. The largest absolute Gasteiger partial charge is 1.00 e. The molecule has 0 radical (unpaired) electrons. The molecule has 1 aliphatic heterocycles. The van der Waals surface area contributed by atoms with Crippen molar-refractivity contribution in [3.05, 3.63) is 39.5 Å². The van der Waals surface area contributed by atoms with Gasteiger partial charge >= 0.3 is 18.9 Å². The summed E-state index contributed by atoms with van der Waals surface area (Å²) in [6.07, 6.45) is 0. The van der Waals surface area contributed by atoms with Crippen LogP contribution in [0, 0.1) is 6.92 Å². The summed E-state index contributed by atoms with van der Waals surface area (Å²) in [5, 5.41) is 9.80. The second-order valence-corrected chi connectivity index (χ2v) is 3.32. The van der Waals surface area contributed by atoms with Crippen LogP contribution in [0.3, 0.4) is 0 Å². The number of hydrogen-bond acceptors (Lipinski definition) is 1. The Hall–Kier alpha value is -0.843. The number of nitrogens with one attached hydrogen (secondary N) is 1. The summed E-state index contributed by atoms with van der Waals surface area (Å²) in [5.41, 5.74) is 1.25. The van der Waals surface area contributed by atoms with Crippen molar-refractivity contribution in [3.8, 4) is 0 Å². The van der Waals surface area contributed by atoms with Gasteiger partial charge in [0.25, 0.3) is 0 Å². The van der Waals surface area contributed by atoms with Gasteiger partial charge in [-0.2, -0.15) is 0 Å². The maximum absolute atomic E-state index is 4.37. The van der Waals surface area contributed by atoms with Crippen molar-refractivity contribution >= 4 is 12.4 Å². The minimum Gasteiger partial charge on any atom is -0.481 e. The summed E-state index contributed by atoms with van der Waals surface area (Å²) >= 11 is 0. The third kappa shape index (κ3) is 2.15. The van der Waals surface area contributed by atoms with Gasteiger partial charge in [-0.3, -0.25) is 0 Å². The second kappa shape index (κ2) is 4.59. The molecule has 1 saturated heterocycles. The first-order valence-electron chi connectivity index (χ1n) is 4.48. The topological polar surface area (TPSA) is 26.1 Å². The summed E-state index contributed by atoms with van der Waals surface area (Å²) in [7, 11) is 0. The molecule has 0 atom stereocenters. The number of hydrogen-bond donors (Lipinski definition) is 1. The van der Waals surface area contributed by atoms with Crippen LogP contribution in [0.4, 0.5) is 0 Å². The molecule has 14 heavy (non-hydrogen) atoms. The molecule has 0 aromatic heterocycles. The average Bonchev–Trinajstić information content (AvgIpc) is 2.61. The minimum absolute atomic E-state index is 0. The van der Waals surface area contributed by atoms with Gasteiger partial charge in [-0.1, -0.05) is 49.3 Å². The van der Waals surface area contributed by atoms with Crippen molar-refractivity contribution < 1.29 is 18.9 Å². The van der Waals surface area contributed by atoms with Gasteiger partial charge in [0.15, 0.2) is 0 Å². The fourth-order valence-corrected chi connectivity index (χ4v) is 1.49. The van der Waals surface area contributed by atoms with Crippen molar-refractivity contribution in [1.29, 1.82) is 0 Å². The van der Waals surface area contributed by atoms with E-state index in [4.69, 9.17) is 0 Å². The normalized spacial score (nSPS) is 18.1. The van der Waals surface area contributed by atoms with Crippen molar-refractivity contribution in [1.82, 2.24) is 5.32 Å². The molecule has 1 N–H and O–H groups in total. The van der Waals surface area contributed by atoms with Gasteiger partial charge in [-0.05, 0) is 17.4 Å². The molecule has 0 aliphatic carbocycles. The predicted molar refractivity (Wildman–Crippen MR) is 55.6 cm³/mol. The van der Waals surface area contributed by atoms with Crippen LogP contribution >= 0.6 is 0 Å². The van der Waals surface area contributed by atoms with Crippen molar-refractivity contribution in [2.24, 2.45) is 0 Å². The van der Waals surface area contributed by atoms with Crippen LogP contribution in [0.5, 0.6) is 0 Å². The number of nitrogens with zero attached hydrogens (tertiary/aromatic N) is 1. The van der Waals surface area contributed by atoms with Gasteiger partial charge in [0.2, 0.25) is 0 Å². The Morgan fingerprint density at radius 3 is 2.86 bits per heavy atom. The van der Waals surface area contributed by atoms with Gasteiger partial charge < -0.3 is 10.6 Å². The third-order valence-electron chi connectivity index (χ3n) is 2.19. The Balaban J connectivity index is 0.000000980. The van der Waals surface area contributed by atoms with E-state index in [1.165, 1.54) is 5.56 Å². The molecular weight excluding hydrogens is 167 g/mol. The van der Waals surface area contributed by atoms with Gasteiger partial charge in [0, 0.05) is 0 Å². The summed E-state index contributed by atoms with van der Waals surface area (Å²) in [6.45, 7) is 7.89. The van der Waals surface area contributed by atoms with Crippen LogP contribution in [0.25, 0.3) is 17.7 Å². The Morgan fingerprint density at radius 1 is 1.43 bits per heavy atom. The molecule has 2 rings (SSSR count). The van der Waals surface area contributed by atoms with Crippen LogP contribution in [-0.4, -0.2) is 13.1 Å². The molecule has 1 aromatic rings. The van der Waals surface area contributed by atoms with Gasteiger partial charge in [0.05, 0.1) is 0 Å². The standard InChI is InChI=1S/C11H13N2.Li/c1-8-3-4-9(2)10(7-8)11-12-5-6-13-11;/h3-4,7,12H,2,5-6H2,1H3;/q-1;+1/b11-10-;. The van der Waals surface area contributed by atoms with Crippen LogP contribution in [-0.2, 0) is 0 Å². The third-order valence-corrected chi connectivity index (χ3v) is 2.19. The fraction of sp³-hybridized carbons (Fsp3) is 0.273. The van der Waals surface area contributed by atoms with Gasteiger partial charge in [-0.15, -0.1) is 0 Å². The Bertz CT molecular complexity index is 417. The quantitative estimate of drug-likeness (QED) is 0.437. The first-order valence-corrected chi connectivity index (χ1v) is 4.48. The van der Waals surface area contributed by atoms with E-state index in [1.54, 1.807) is 0 Å². The van der Waals surface area contributed by atoms with E-state index < -0.39 is 0 Å². The zero-order chi connectivity index (χ0) is 9.26. The zero-order valence-corrected chi connectivity index (χ0v) is 8.80. The van der Waals surface area contributed by atoms with Crippen LogP contribution in [0.2, 0.25) is 0 Å². The van der Waals surface area contributed by atoms with Crippen LogP contribution in [0.15, 0.2) is 18.2 Å². The number of benzene rings is 1. The maximum Gasteiger partial charge on any atom is 1.00 e. The van der Waals surface area contributed by atoms with Crippen molar-refractivity contribution in [2.45, 2.75) is 6.92 Å². The Labute approximate surface area is 96.3 Å². The zero-order valence-electron chi connectivity index (χ0n) is 8.80. The fourth-order valence-electron chi connectivity index (χ4n) is 1.49. The average molecular weight is 180 g/mol. The smallest absolute Gasteiger partial charge is 0.481 e. The Morgan fingerprint density at radius 2 is 2.21 bits per heavy atom. The van der Waals surface area contributed by atoms with E-state index in [9.17, 15) is 0 Å². The summed E-state index contributed by atoms with van der Waals surface area (Å²) in [4.78, 5) is 0. The van der Waals surface area contributed by atoms with E-state index in [-0.39, 0.29) is 18.9 Å². The predicted octanol–water partition coefficient (Wildman–Crippen LogP) is -2.55. The number of aryl methyl sites for hydroxylation is 1. The second-order valence-electron chi connectivity index (χ2n) is 3.32. The summed E-state index contributed by atoms with van der Waals surface area (Å²) in [5.74, 6) is 0.994. The molecule has 0 bridgehead atoms. The van der Waals surface area contributed by atoms with Crippen LogP contribution < -0.4 is 34.6 Å². The molecule has 1 aromatic carbocycles. The molecule has 68 valence electrons. The van der Waals surface area contributed by atoms with Gasteiger partial charge in [0.1, 0.15) is 0 Å². The van der Waals surface area contributed by atoms with Gasteiger partial charge in [-0.25, -0.2) is 0 Å². The van der Waals surface area contributed by atoms with E-state index >= 15 is 0 Å². The van der Waals surface area contributed by atoms with E-state index in [0.717, 1.165) is 29.3 Å². The van der Waals surface area contributed by atoms with Crippen molar-refractivity contribution in [3.63, 3.8) is 0 Å². The molecule has 0 saturated carbocycles. The van der Waals surface area contributed by atoms with Crippen molar-refractivity contribution in [2.75, 3.05) is 13.1 Å². The molecule has 1 aliphatic rings. The number of rotatable bonds is 0. The Kier molecular flexibility index (Phi) is 3.68. The summed E-state index contributed by atoms with van der Waals surface area (Å²) < 4.78 is 0. The molecule has 2 nitrogen and oxygen atoms in total. The molecule has 1 fully saturated rings. The van der Waals surface area contributed by atoms with Crippen LogP contribution in [0.1, 0.15) is 5.56 Å². The first kappa shape index (κ1) is 11.2. The van der Waals surface area contributed by atoms with E-state index in [1.807, 2.05) is 6.07 Å². The monoisotopic (exact) mass is 180 g/mol. The maximum atomic E-state index is 4.37.